The molecule has 0 amide bonds. The van der Waals surface area contributed by atoms with Crippen LogP contribution in [0.4, 0.5) is 0 Å². The third kappa shape index (κ3) is 1.28. The molecule has 2 rings (SSSR count). The summed E-state index contributed by atoms with van der Waals surface area (Å²) in [5.41, 5.74) is 2.17. The molecule has 0 fully saturated rings. The van der Waals surface area contributed by atoms with Gasteiger partial charge in [-0.25, -0.2) is 0 Å². The number of benzene rings is 1. The van der Waals surface area contributed by atoms with E-state index >= 15 is 0 Å². The molecule has 0 saturated carbocycles. The maximum absolute atomic E-state index is 11.6. The average molecular weight is 174 g/mol. The maximum Gasteiger partial charge on any atom is 0.163 e. The van der Waals surface area contributed by atoms with Crippen LogP contribution in [0.25, 0.3) is 0 Å². The Labute approximate surface area is 78.8 Å². The average Bonchev–Trinajstić information content (AvgIpc) is 2.15. The summed E-state index contributed by atoms with van der Waals surface area (Å²) in [6.07, 6.45) is 0.707. The lowest BCUT2D eigenvalue weighted by molar-refractivity contribution is 0.0944. The van der Waals surface area contributed by atoms with E-state index in [-0.39, 0.29) is 0 Å². The number of Topliss-reactive ketones (excluding diaryl/α,β-unsaturated/α-hetero) is 1. The van der Waals surface area contributed by atoms with Crippen LogP contribution in [0.3, 0.4) is 0 Å². The molecular formula is C12H14O. The van der Waals surface area contributed by atoms with Gasteiger partial charge >= 0.3 is 0 Å². The summed E-state index contributed by atoms with van der Waals surface area (Å²) >= 11 is 0. The van der Waals surface area contributed by atoms with Gasteiger partial charge in [0.15, 0.2) is 5.78 Å². The van der Waals surface area contributed by atoms with Crippen molar-refractivity contribution in [2.24, 2.45) is 5.92 Å². The second-order valence-corrected chi connectivity index (χ2v) is 3.98. The molecule has 1 aromatic rings. The Balaban J connectivity index is 2.53. The monoisotopic (exact) mass is 174 g/mol. The second kappa shape index (κ2) is 2.99. The van der Waals surface area contributed by atoms with E-state index in [0.717, 1.165) is 5.56 Å². The highest BCUT2D eigenvalue weighted by Gasteiger charge is 2.27. The summed E-state index contributed by atoms with van der Waals surface area (Å²) < 4.78 is 0. The highest BCUT2D eigenvalue weighted by molar-refractivity contribution is 5.98. The molecule has 0 radical (unpaired) electrons. The molecular weight excluding hydrogens is 160 g/mol. The first-order chi connectivity index (χ1) is 6.20. The van der Waals surface area contributed by atoms with Crippen molar-refractivity contribution in [2.45, 2.75) is 26.2 Å². The van der Waals surface area contributed by atoms with Crippen LogP contribution >= 0.6 is 0 Å². The molecule has 2 unspecified atom stereocenters. The van der Waals surface area contributed by atoms with Crippen molar-refractivity contribution in [2.75, 3.05) is 0 Å². The van der Waals surface area contributed by atoms with E-state index in [1.807, 2.05) is 18.2 Å². The molecule has 0 heterocycles. The molecule has 1 nitrogen and oxygen atoms in total. The van der Waals surface area contributed by atoms with Gasteiger partial charge in [0.2, 0.25) is 0 Å². The first-order valence-corrected chi connectivity index (χ1v) is 4.82. The molecule has 1 heteroatoms. The minimum absolute atomic E-state index is 0.307. The van der Waals surface area contributed by atoms with Crippen LogP contribution in [0.5, 0.6) is 0 Å². The molecule has 0 bridgehead atoms. The van der Waals surface area contributed by atoms with Crippen LogP contribution in [0.1, 0.15) is 42.1 Å². The van der Waals surface area contributed by atoms with E-state index < -0.39 is 0 Å². The zero-order chi connectivity index (χ0) is 9.42. The summed E-state index contributed by atoms with van der Waals surface area (Å²) in [4.78, 5) is 11.6. The zero-order valence-corrected chi connectivity index (χ0v) is 8.08. The van der Waals surface area contributed by atoms with Crippen LogP contribution in [0, 0.1) is 5.92 Å². The molecule has 1 aliphatic rings. The minimum atomic E-state index is 0.307. The standard InChI is InChI=1S/C12H14O/c1-8-7-12(13)11-6-4-3-5-10(11)9(8)2/h3-6,8-9H,7H2,1-2H3. The lowest BCUT2D eigenvalue weighted by Gasteiger charge is -2.27. The Kier molecular flexibility index (Phi) is 1.95. The highest BCUT2D eigenvalue weighted by Crippen LogP contribution is 2.34. The molecule has 13 heavy (non-hydrogen) atoms. The lowest BCUT2D eigenvalue weighted by atomic mass is 9.76. The Morgan fingerprint density at radius 2 is 1.92 bits per heavy atom. The second-order valence-electron chi connectivity index (χ2n) is 3.98. The Bertz CT molecular complexity index is 341. The Morgan fingerprint density at radius 3 is 2.69 bits per heavy atom. The van der Waals surface area contributed by atoms with Crippen molar-refractivity contribution in [3.8, 4) is 0 Å². The van der Waals surface area contributed by atoms with E-state index in [2.05, 4.69) is 19.9 Å². The van der Waals surface area contributed by atoms with Gasteiger partial charge in [0, 0.05) is 12.0 Å². The fourth-order valence-corrected chi connectivity index (χ4v) is 2.03. The fourth-order valence-electron chi connectivity index (χ4n) is 2.03. The van der Waals surface area contributed by atoms with E-state index in [0.29, 0.717) is 24.0 Å². The predicted octanol–water partition coefficient (Wildman–Crippen LogP) is 3.01. The third-order valence-corrected chi connectivity index (χ3v) is 3.11. The molecule has 0 saturated heterocycles. The van der Waals surface area contributed by atoms with Gasteiger partial charge < -0.3 is 0 Å². The summed E-state index contributed by atoms with van der Waals surface area (Å²) in [6.45, 7) is 4.36. The Hall–Kier alpha value is -1.11. The van der Waals surface area contributed by atoms with Gasteiger partial charge in [0.05, 0.1) is 0 Å². The molecule has 0 aromatic heterocycles. The first-order valence-electron chi connectivity index (χ1n) is 4.82. The molecule has 0 spiro atoms. The summed E-state index contributed by atoms with van der Waals surface area (Å²) in [5.74, 6) is 1.32. The van der Waals surface area contributed by atoms with Crippen LogP contribution in [0.15, 0.2) is 24.3 Å². The van der Waals surface area contributed by atoms with E-state index in [9.17, 15) is 4.79 Å². The quantitative estimate of drug-likeness (QED) is 0.591. The zero-order valence-electron chi connectivity index (χ0n) is 8.08. The molecule has 1 aromatic carbocycles. The Morgan fingerprint density at radius 1 is 1.23 bits per heavy atom. The number of carbonyl (C=O) groups is 1. The van der Waals surface area contributed by atoms with E-state index in [1.54, 1.807) is 0 Å². The van der Waals surface area contributed by atoms with Crippen LogP contribution in [0.2, 0.25) is 0 Å². The topological polar surface area (TPSA) is 17.1 Å². The van der Waals surface area contributed by atoms with Gasteiger partial charge in [-0.3, -0.25) is 4.79 Å². The highest BCUT2D eigenvalue weighted by atomic mass is 16.1. The van der Waals surface area contributed by atoms with Crippen molar-refractivity contribution in [3.63, 3.8) is 0 Å². The minimum Gasteiger partial charge on any atom is -0.294 e. The smallest absolute Gasteiger partial charge is 0.163 e. The van der Waals surface area contributed by atoms with Gasteiger partial charge in [-0.1, -0.05) is 38.1 Å². The fraction of sp³-hybridized carbons (Fsp3) is 0.417. The van der Waals surface area contributed by atoms with Crippen LogP contribution in [-0.4, -0.2) is 5.78 Å². The number of rotatable bonds is 0. The molecule has 0 N–H and O–H groups in total. The number of carbonyl (C=O) groups excluding carboxylic acids is 1. The van der Waals surface area contributed by atoms with Gasteiger partial charge in [0.1, 0.15) is 0 Å². The SMILES string of the molecule is CC1CC(=O)c2ccccc2C1C. The number of fused-ring (bicyclic) bond motifs is 1. The van der Waals surface area contributed by atoms with Gasteiger partial charge in [0.25, 0.3) is 0 Å². The summed E-state index contributed by atoms with van der Waals surface area (Å²) in [5, 5.41) is 0. The van der Waals surface area contributed by atoms with Crippen molar-refractivity contribution < 1.29 is 4.79 Å². The van der Waals surface area contributed by atoms with Gasteiger partial charge in [-0.15, -0.1) is 0 Å². The molecule has 68 valence electrons. The lowest BCUT2D eigenvalue weighted by Crippen LogP contribution is -2.21. The number of hydrogen-bond acceptors (Lipinski definition) is 1. The van der Waals surface area contributed by atoms with Crippen LogP contribution < -0.4 is 0 Å². The normalized spacial score (nSPS) is 27.1. The predicted molar refractivity (Wildman–Crippen MR) is 53.0 cm³/mol. The first kappa shape index (κ1) is 8.49. The molecule has 2 atom stereocenters. The van der Waals surface area contributed by atoms with Crippen molar-refractivity contribution in [1.82, 2.24) is 0 Å². The maximum atomic E-state index is 11.6. The van der Waals surface area contributed by atoms with E-state index in [1.165, 1.54) is 5.56 Å². The van der Waals surface area contributed by atoms with Crippen LogP contribution in [-0.2, 0) is 0 Å². The molecule has 1 aliphatic carbocycles. The number of hydrogen-bond donors (Lipinski definition) is 0. The van der Waals surface area contributed by atoms with Gasteiger partial charge in [-0.2, -0.15) is 0 Å². The van der Waals surface area contributed by atoms with E-state index in [4.69, 9.17) is 0 Å². The summed E-state index contributed by atoms with van der Waals surface area (Å²) in [6, 6.07) is 7.98. The number of ketones is 1. The molecule has 0 aliphatic heterocycles. The summed E-state index contributed by atoms with van der Waals surface area (Å²) in [7, 11) is 0. The van der Waals surface area contributed by atoms with Crippen molar-refractivity contribution >= 4 is 5.78 Å². The van der Waals surface area contributed by atoms with Crippen molar-refractivity contribution in [1.29, 1.82) is 0 Å². The van der Waals surface area contributed by atoms with Gasteiger partial charge in [-0.05, 0) is 17.4 Å². The van der Waals surface area contributed by atoms with Crippen molar-refractivity contribution in [3.05, 3.63) is 35.4 Å². The largest absolute Gasteiger partial charge is 0.294 e. The third-order valence-electron chi connectivity index (χ3n) is 3.11.